The summed E-state index contributed by atoms with van der Waals surface area (Å²) in [5, 5.41) is 3.17. The maximum atomic E-state index is 11.7. The van der Waals surface area contributed by atoms with Crippen LogP contribution in [0.3, 0.4) is 0 Å². The van der Waals surface area contributed by atoms with E-state index in [1.165, 1.54) is 0 Å². The van der Waals surface area contributed by atoms with Crippen LogP contribution >= 0.6 is 0 Å². The Hall–Kier alpha value is -0.610. The van der Waals surface area contributed by atoms with Gasteiger partial charge in [0.05, 0.1) is 0 Å². The van der Waals surface area contributed by atoms with E-state index in [9.17, 15) is 4.79 Å². The molecule has 0 aromatic rings. The highest BCUT2D eigenvalue weighted by Gasteiger charge is 2.27. The summed E-state index contributed by atoms with van der Waals surface area (Å²) in [6.07, 6.45) is 4.14. The SMILES string of the molecule is CN1CCC(OC(=O)C2CCCN2)CC1. The Kier molecular flexibility index (Phi) is 3.59. The second kappa shape index (κ2) is 4.94. The standard InChI is InChI=1S/C11H20N2O2/c1-13-7-4-9(5-8-13)15-11(14)10-3-2-6-12-10/h9-10,12H,2-8H2,1H3. The average Bonchev–Trinajstić information content (AvgIpc) is 2.74. The molecule has 2 rings (SSSR count). The van der Waals surface area contributed by atoms with E-state index in [2.05, 4.69) is 17.3 Å². The third kappa shape index (κ3) is 2.92. The molecule has 2 heterocycles. The van der Waals surface area contributed by atoms with E-state index < -0.39 is 0 Å². The third-order valence-electron chi connectivity index (χ3n) is 3.29. The van der Waals surface area contributed by atoms with Gasteiger partial charge in [-0.3, -0.25) is 4.79 Å². The van der Waals surface area contributed by atoms with Gasteiger partial charge in [0.2, 0.25) is 0 Å². The topological polar surface area (TPSA) is 41.6 Å². The van der Waals surface area contributed by atoms with Crippen molar-refractivity contribution in [3.8, 4) is 0 Å². The molecule has 0 aliphatic carbocycles. The number of nitrogens with zero attached hydrogens (tertiary/aromatic N) is 1. The number of hydrogen-bond donors (Lipinski definition) is 1. The zero-order chi connectivity index (χ0) is 10.7. The number of likely N-dealkylation sites (tertiary alicyclic amines) is 1. The van der Waals surface area contributed by atoms with Gasteiger partial charge in [0.15, 0.2) is 0 Å². The molecule has 0 amide bonds. The van der Waals surface area contributed by atoms with Crippen LogP contribution in [0, 0.1) is 0 Å². The molecule has 1 N–H and O–H groups in total. The van der Waals surface area contributed by atoms with Crippen LogP contribution < -0.4 is 5.32 Å². The van der Waals surface area contributed by atoms with Gasteiger partial charge in [0.25, 0.3) is 0 Å². The number of carbonyl (C=O) groups is 1. The second-order valence-corrected chi connectivity index (χ2v) is 4.59. The van der Waals surface area contributed by atoms with Gasteiger partial charge in [-0.15, -0.1) is 0 Å². The van der Waals surface area contributed by atoms with E-state index in [-0.39, 0.29) is 18.1 Å². The molecule has 1 atom stereocenters. The Morgan fingerprint density at radius 3 is 2.67 bits per heavy atom. The summed E-state index contributed by atoms with van der Waals surface area (Å²) >= 11 is 0. The number of hydrogen-bond acceptors (Lipinski definition) is 4. The summed E-state index contributed by atoms with van der Waals surface area (Å²) < 4.78 is 5.50. The largest absolute Gasteiger partial charge is 0.461 e. The fraction of sp³-hybridized carbons (Fsp3) is 0.909. The van der Waals surface area contributed by atoms with Gasteiger partial charge in [0, 0.05) is 13.1 Å². The van der Waals surface area contributed by atoms with Gasteiger partial charge >= 0.3 is 5.97 Å². The van der Waals surface area contributed by atoms with Crippen molar-refractivity contribution in [3.05, 3.63) is 0 Å². The van der Waals surface area contributed by atoms with Crippen molar-refractivity contribution in [1.82, 2.24) is 10.2 Å². The molecule has 2 saturated heterocycles. The molecular weight excluding hydrogens is 192 g/mol. The maximum Gasteiger partial charge on any atom is 0.323 e. The summed E-state index contributed by atoms with van der Waals surface area (Å²) in [5.41, 5.74) is 0. The van der Waals surface area contributed by atoms with E-state index >= 15 is 0 Å². The number of nitrogens with one attached hydrogen (secondary N) is 1. The quantitative estimate of drug-likeness (QED) is 0.672. The van der Waals surface area contributed by atoms with Crippen LogP contribution in [0.5, 0.6) is 0 Å². The lowest BCUT2D eigenvalue weighted by atomic mass is 10.1. The molecule has 2 fully saturated rings. The third-order valence-corrected chi connectivity index (χ3v) is 3.29. The highest BCUT2D eigenvalue weighted by Crippen LogP contribution is 2.15. The monoisotopic (exact) mass is 212 g/mol. The van der Waals surface area contributed by atoms with E-state index in [4.69, 9.17) is 4.74 Å². The van der Waals surface area contributed by atoms with Gasteiger partial charge < -0.3 is 15.0 Å². The minimum atomic E-state index is -0.0398. The van der Waals surface area contributed by atoms with Crippen LogP contribution in [0.25, 0.3) is 0 Å². The molecule has 2 aliphatic heterocycles. The van der Waals surface area contributed by atoms with E-state index in [1.54, 1.807) is 0 Å². The zero-order valence-corrected chi connectivity index (χ0v) is 9.37. The van der Waals surface area contributed by atoms with Crippen molar-refractivity contribution >= 4 is 5.97 Å². The summed E-state index contributed by atoms with van der Waals surface area (Å²) in [4.78, 5) is 14.0. The van der Waals surface area contributed by atoms with Crippen molar-refractivity contribution in [3.63, 3.8) is 0 Å². The smallest absolute Gasteiger partial charge is 0.323 e. The zero-order valence-electron chi connectivity index (χ0n) is 9.37. The van der Waals surface area contributed by atoms with E-state index in [0.717, 1.165) is 45.3 Å². The van der Waals surface area contributed by atoms with Crippen molar-refractivity contribution in [2.75, 3.05) is 26.7 Å². The molecule has 15 heavy (non-hydrogen) atoms. The molecule has 0 spiro atoms. The molecule has 0 saturated carbocycles. The Morgan fingerprint density at radius 1 is 1.33 bits per heavy atom. The Labute approximate surface area is 91.0 Å². The molecule has 0 radical (unpaired) electrons. The lowest BCUT2D eigenvalue weighted by molar-refractivity contribution is -0.153. The summed E-state index contributed by atoms with van der Waals surface area (Å²) in [6.45, 7) is 3.03. The van der Waals surface area contributed by atoms with Crippen LogP contribution in [-0.4, -0.2) is 49.7 Å². The first-order valence-electron chi connectivity index (χ1n) is 5.88. The van der Waals surface area contributed by atoms with Crippen molar-refractivity contribution < 1.29 is 9.53 Å². The van der Waals surface area contributed by atoms with Crippen LogP contribution in [0.4, 0.5) is 0 Å². The first kappa shape index (κ1) is 10.9. The highest BCUT2D eigenvalue weighted by molar-refractivity contribution is 5.76. The Morgan fingerprint density at radius 2 is 2.07 bits per heavy atom. The molecule has 2 aliphatic rings. The van der Waals surface area contributed by atoms with Gasteiger partial charge in [0.1, 0.15) is 12.1 Å². The number of carbonyl (C=O) groups excluding carboxylic acids is 1. The molecule has 1 unspecified atom stereocenters. The molecular formula is C11H20N2O2. The Bertz CT molecular complexity index is 219. The van der Waals surface area contributed by atoms with Gasteiger partial charge in [-0.25, -0.2) is 0 Å². The molecule has 0 aromatic carbocycles. The predicted octanol–water partition coefficient (Wildman–Crippen LogP) is 0.376. The van der Waals surface area contributed by atoms with Gasteiger partial charge in [-0.1, -0.05) is 0 Å². The number of ether oxygens (including phenoxy) is 1. The molecule has 86 valence electrons. The first-order chi connectivity index (χ1) is 7.25. The fourth-order valence-corrected chi connectivity index (χ4v) is 2.23. The van der Waals surface area contributed by atoms with E-state index in [0.29, 0.717) is 0 Å². The minimum absolute atomic E-state index is 0.0374. The normalized spacial score (nSPS) is 29.3. The molecule has 4 heteroatoms. The second-order valence-electron chi connectivity index (χ2n) is 4.59. The van der Waals surface area contributed by atoms with Crippen molar-refractivity contribution in [2.24, 2.45) is 0 Å². The number of rotatable bonds is 2. The van der Waals surface area contributed by atoms with Crippen molar-refractivity contribution in [2.45, 2.75) is 37.8 Å². The Balaban J connectivity index is 1.74. The van der Waals surface area contributed by atoms with Gasteiger partial charge in [-0.05, 0) is 39.3 Å². The lowest BCUT2D eigenvalue weighted by Gasteiger charge is -2.29. The maximum absolute atomic E-state index is 11.7. The van der Waals surface area contributed by atoms with Crippen molar-refractivity contribution in [1.29, 1.82) is 0 Å². The number of piperidine rings is 1. The van der Waals surface area contributed by atoms with Crippen LogP contribution in [0.15, 0.2) is 0 Å². The highest BCUT2D eigenvalue weighted by atomic mass is 16.5. The fourth-order valence-electron chi connectivity index (χ4n) is 2.23. The summed E-state index contributed by atoms with van der Waals surface area (Å²) in [6, 6.07) is -0.0374. The van der Waals surface area contributed by atoms with Gasteiger partial charge in [-0.2, -0.15) is 0 Å². The van der Waals surface area contributed by atoms with Crippen LogP contribution in [0.1, 0.15) is 25.7 Å². The van der Waals surface area contributed by atoms with Crippen LogP contribution in [-0.2, 0) is 9.53 Å². The van der Waals surface area contributed by atoms with E-state index in [1.807, 2.05) is 0 Å². The average molecular weight is 212 g/mol. The minimum Gasteiger partial charge on any atom is -0.461 e. The number of esters is 1. The molecule has 0 aromatic heterocycles. The first-order valence-corrected chi connectivity index (χ1v) is 5.88. The summed E-state index contributed by atoms with van der Waals surface area (Å²) in [7, 11) is 2.11. The van der Waals surface area contributed by atoms with Crippen LogP contribution in [0.2, 0.25) is 0 Å². The predicted molar refractivity (Wildman–Crippen MR) is 57.6 cm³/mol. The molecule has 0 bridgehead atoms. The molecule has 4 nitrogen and oxygen atoms in total. The lowest BCUT2D eigenvalue weighted by Crippen LogP contribution is -2.39. The summed E-state index contributed by atoms with van der Waals surface area (Å²) in [5.74, 6) is -0.0398.